The van der Waals surface area contributed by atoms with Gasteiger partial charge in [-0.3, -0.25) is 4.79 Å². The Morgan fingerprint density at radius 3 is 2.53 bits per heavy atom. The third-order valence-electron chi connectivity index (χ3n) is 4.30. The molecule has 0 aliphatic carbocycles. The fourth-order valence-electron chi connectivity index (χ4n) is 2.87. The van der Waals surface area contributed by atoms with Crippen LogP contribution < -0.4 is 4.74 Å². The average Bonchev–Trinajstić information content (AvgIpc) is 2.67. The zero-order valence-corrected chi connectivity index (χ0v) is 12.4. The Hall–Kier alpha value is -1.51. The van der Waals surface area contributed by atoms with E-state index in [1.807, 2.05) is 13.8 Å². The number of carbonyl (C=O) groups excluding carboxylic acids is 1. The minimum atomic E-state index is -0.377. The summed E-state index contributed by atoms with van der Waals surface area (Å²) in [6.07, 6.45) is 1.54. The van der Waals surface area contributed by atoms with Crippen molar-refractivity contribution in [3.63, 3.8) is 0 Å². The van der Waals surface area contributed by atoms with Crippen molar-refractivity contribution in [2.45, 2.75) is 40.5 Å². The Kier molecular flexibility index (Phi) is 3.57. The number of cyclic esters (lactones) is 1. The second kappa shape index (κ2) is 4.87. The maximum atomic E-state index is 11.9. The lowest BCUT2D eigenvalue weighted by atomic mass is 9.80. The third kappa shape index (κ3) is 2.34. The Morgan fingerprint density at radius 2 is 2.00 bits per heavy atom. The van der Waals surface area contributed by atoms with Crippen LogP contribution in [-0.4, -0.2) is 19.7 Å². The summed E-state index contributed by atoms with van der Waals surface area (Å²) in [7, 11) is 1.70. The molecule has 1 aromatic rings. The number of methoxy groups -OCH3 is 1. The molecule has 1 aliphatic heterocycles. The Bertz CT molecular complexity index is 519. The molecule has 0 saturated carbocycles. The van der Waals surface area contributed by atoms with E-state index in [1.165, 1.54) is 11.1 Å². The maximum Gasteiger partial charge on any atom is 0.312 e. The van der Waals surface area contributed by atoms with Gasteiger partial charge >= 0.3 is 5.97 Å². The monoisotopic (exact) mass is 262 g/mol. The van der Waals surface area contributed by atoms with E-state index in [9.17, 15) is 4.79 Å². The summed E-state index contributed by atoms with van der Waals surface area (Å²) in [6.45, 7) is 8.75. The summed E-state index contributed by atoms with van der Waals surface area (Å²) in [5.74, 6) is 0.874. The normalized spacial score (nSPS) is 22.5. The molecular weight excluding hydrogens is 240 g/mol. The molecule has 0 aromatic heterocycles. The lowest BCUT2D eigenvalue weighted by molar-refractivity contribution is -0.145. The van der Waals surface area contributed by atoms with Crippen LogP contribution in [0, 0.1) is 26.2 Å². The molecule has 1 unspecified atom stereocenters. The van der Waals surface area contributed by atoms with E-state index >= 15 is 0 Å². The van der Waals surface area contributed by atoms with Gasteiger partial charge in [0, 0.05) is 0 Å². The van der Waals surface area contributed by atoms with Crippen molar-refractivity contribution in [2.24, 2.45) is 5.41 Å². The van der Waals surface area contributed by atoms with Crippen LogP contribution in [0.25, 0.3) is 0 Å². The first kappa shape index (κ1) is 13.9. The van der Waals surface area contributed by atoms with Crippen molar-refractivity contribution in [2.75, 3.05) is 13.7 Å². The molecular formula is C16H22O3. The van der Waals surface area contributed by atoms with Crippen molar-refractivity contribution < 1.29 is 14.3 Å². The van der Waals surface area contributed by atoms with Crippen LogP contribution in [0.4, 0.5) is 0 Å². The number of aryl methyl sites for hydroxylation is 1. The van der Waals surface area contributed by atoms with Crippen molar-refractivity contribution in [3.8, 4) is 5.75 Å². The molecule has 1 saturated heterocycles. The van der Waals surface area contributed by atoms with Crippen molar-refractivity contribution in [1.82, 2.24) is 0 Å². The number of hydrogen-bond acceptors (Lipinski definition) is 3. The molecule has 0 spiro atoms. The van der Waals surface area contributed by atoms with Crippen molar-refractivity contribution >= 4 is 5.97 Å². The zero-order chi connectivity index (χ0) is 14.2. The zero-order valence-electron chi connectivity index (χ0n) is 12.4. The van der Waals surface area contributed by atoms with Gasteiger partial charge < -0.3 is 9.47 Å². The van der Waals surface area contributed by atoms with Crippen LogP contribution in [0.2, 0.25) is 0 Å². The highest BCUT2D eigenvalue weighted by Gasteiger charge is 2.40. The van der Waals surface area contributed by atoms with E-state index in [2.05, 4.69) is 19.9 Å². The summed E-state index contributed by atoms with van der Waals surface area (Å²) < 4.78 is 10.6. The second-order valence-corrected chi connectivity index (χ2v) is 5.76. The first-order valence-corrected chi connectivity index (χ1v) is 6.70. The van der Waals surface area contributed by atoms with E-state index in [0.717, 1.165) is 29.7 Å². The highest BCUT2D eigenvalue weighted by molar-refractivity contribution is 5.78. The molecule has 1 aliphatic rings. The predicted octanol–water partition coefficient (Wildman–Crippen LogP) is 3.12. The number of esters is 1. The maximum absolute atomic E-state index is 11.9. The highest BCUT2D eigenvalue weighted by atomic mass is 16.5. The molecule has 3 heteroatoms. The Labute approximate surface area is 114 Å². The average molecular weight is 262 g/mol. The van der Waals surface area contributed by atoms with Crippen LogP contribution in [0.1, 0.15) is 35.6 Å². The number of hydrogen-bond donors (Lipinski definition) is 0. The molecule has 1 aromatic carbocycles. The Morgan fingerprint density at radius 1 is 1.32 bits per heavy atom. The van der Waals surface area contributed by atoms with E-state index in [4.69, 9.17) is 9.47 Å². The van der Waals surface area contributed by atoms with E-state index in [1.54, 1.807) is 7.11 Å². The number of rotatable bonds is 3. The van der Waals surface area contributed by atoms with E-state index in [0.29, 0.717) is 6.61 Å². The molecule has 1 fully saturated rings. The summed E-state index contributed by atoms with van der Waals surface area (Å²) >= 11 is 0. The van der Waals surface area contributed by atoms with Gasteiger partial charge in [-0.2, -0.15) is 0 Å². The van der Waals surface area contributed by atoms with E-state index in [-0.39, 0.29) is 11.4 Å². The van der Waals surface area contributed by atoms with Gasteiger partial charge in [0.25, 0.3) is 0 Å². The molecule has 3 nitrogen and oxygen atoms in total. The van der Waals surface area contributed by atoms with Crippen molar-refractivity contribution in [3.05, 3.63) is 28.3 Å². The van der Waals surface area contributed by atoms with E-state index < -0.39 is 0 Å². The van der Waals surface area contributed by atoms with Crippen LogP contribution in [0.15, 0.2) is 6.07 Å². The third-order valence-corrected chi connectivity index (χ3v) is 4.30. The lowest BCUT2D eigenvalue weighted by Gasteiger charge is -2.22. The predicted molar refractivity (Wildman–Crippen MR) is 74.6 cm³/mol. The van der Waals surface area contributed by atoms with Gasteiger partial charge in [-0.05, 0) is 62.8 Å². The fraction of sp³-hybridized carbons (Fsp3) is 0.562. The standard InChI is InChI=1S/C16H22O3/c1-10-8-13(11(2)12(3)14(10)18-5)9-16(4)6-7-19-15(16)17/h8H,6-7,9H2,1-5H3. The number of ether oxygens (including phenoxy) is 2. The summed E-state index contributed by atoms with van der Waals surface area (Å²) in [5, 5.41) is 0. The second-order valence-electron chi connectivity index (χ2n) is 5.76. The van der Waals surface area contributed by atoms with Crippen LogP contribution in [0.5, 0.6) is 5.75 Å². The number of benzene rings is 1. The molecule has 0 amide bonds. The molecule has 1 atom stereocenters. The molecule has 2 rings (SSSR count). The molecule has 19 heavy (non-hydrogen) atoms. The first-order chi connectivity index (χ1) is 8.89. The number of carbonyl (C=O) groups is 1. The van der Waals surface area contributed by atoms with Crippen LogP contribution in [0.3, 0.4) is 0 Å². The van der Waals surface area contributed by atoms with Gasteiger partial charge in [0.15, 0.2) is 0 Å². The minimum Gasteiger partial charge on any atom is -0.496 e. The van der Waals surface area contributed by atoms with Gasteiger partial charge in [0.2, 0.25) is 0 Å². The van der Waals surface area contributed by atoms with Gasteiger partial charge in [-0.15, -0.1) is 0 Å². The van der Waals surface area contributed by atoms with Gasteiger partial charge in [-0.1, -0.05) is 6.07 Å². The fourth-order valence-corrected chi connectivity index (χ4v) is 2.87. The van der Waals surface area contributed by atoms with Crippen molar-refractivity contribution in [1.29, 1.82) is 0 Å². The summed E-state index contributed by atoms with van der Waals surface area (Å²) in [4.78, 5) is 11.9. The topological polar surface area (TPSA) is 35.5 Å². The first-order valence-electron chi connectivity index (χ1n) is 6.70. The smallest absolute Gasteiger partial charge is 0.312 e. The van der Waals surface area contributed by atoms with Gasteiger partial charge in [0.1, 0.15) is 5.75 Å². The van der Waals surface area contributed by atoms with Gasteiger partial charge in [0.05, 0.1) is 19.1 Å². The molecule has 1 heterocycles. The summed E-state index contributed by atoms with van der Waals surface area (Å²) in [5.41, 5.74) is 4.33. The van der Waals surface area contributed by atoms with Crippen LogP contribution in [-0.2, 0) is 16.0 Å². The largest absolute Gasteiger partial charge is 0.496 e. The molecule has 0 N–H and O–H groups in total. The van der Waals surface area contributed by atoms with Crippen LogP contribution >= 0.6 is 0 Å². The Balaban J connectivity index is 2.39. The lowest BCUT2D eigenvalue weighted by Crippen LogP contribution is -2.25. The molecule has 0 radical (unpaired) electrons. The molecule has 104 valence electrons. The minimum absolute atomic E-state index is 0.0713. The highest BCUT2D eigenvalue weighted by Crippen LogP contribution is 2.37. The summed E-state index contributed by atoms with van der Waals surface area (Å²) in [6, 6.07) is 2.14. The SMILES string of the molecule is COc1c(C)cc(CC2(C)CCOC2=O)c(C)c1C. The molecule has 0 bridgehead atoms. The quantitative estimate of drug-likeness (QED) is 0.785. The van der Waals surface area contributed by atoms with Gasteiger partial charge in [-0.25, -0.2) is 0 Å².